The van der Waals surface area contributed by atoms with Gasteiger partial charge in [0.1, 0.15) is 17.9 Å². The zero-order chi connectivity index (χ0) is 12.5. The van der Waals surface area contributed by atoms with Crippen molar-refractivity contribution in [3.05, 3.63) is 29.8 Å². The van der Waals surface area contributed by atoms with Gasteiger partial charge in [0.25, 0.3) is 0 Å². The SMILES string of the molecule is COC(=O)c1ccccc1OCCNCCN. The summed E-state index contributed by atoms with van der Waals surface area (Å²) in [6.45, 7) is 2.52. The molecule has 17 heavy (non-hydrogen) atoms. The molecule has 0 saturated heterocycles. The van der Waals surface area contributed by atoms with Crippen LogP contribution in [0.5, 0.6) is 5.75 Å². The van der Waals surface area contributed by atoms with E-state index in [-0.39, 0.29) is 0 Å². The summed E-state index contributed by atoms with van der Waals surface area (Å²) in [6, 6.07) is 7.00. The molecule has 0 bridgehead atoms. The number of nitrogens with two attached hydrogens (primary N) is 1. The van der Waals surface area contributed by atoms with Crippen molar-refractivity contribution in [3.8, 4) is 5.75 Å². The second kappa shape index (κ2) is 7.65. The van der Waals surface area contributed by atoms with Crippen LogP contribution < -0.4 is 15.8 Å². The van der Waals surface area contributed by atoms with Crippen molar-refractivity contribution in [1.82, 2.24) is 5.32 Å². The Morgan fingerprint density at radius 3 is 2.82 bits per heavy atom. The van der Waals surface area contributed by atoms with Crippen LogP contribution in [0.3, 0.4) is 0 Å². The summed E-state index contributed by atoms with van der Waals surface area (Å²) in [5, 5.41) is 3.10. The van der Waals surface area contributed by atoms with Gasteiger partial charge in [-0.1, -0.05) is 12.1 Å². The molecule has 0 aromatic heterocycles. The Bertz CT molecular complexity index is 355. The lowest BCUT2D eigenvalue weighted by molar-refractivity contribution is 0.0596. The number of ether oxygens (including phenoxy) is 2. The average molecular weight is 238 g/mol. The summed E-state index contributed by atoms with van der Waals surface area (Å²) >= 11 is 0. The van der Waals surface area contributed by atoms with Gasteiger partial charge < -0.3 is 20.5 Å². The van der Waals surface area contributed by atoms with Gasteiger partial charge in [-0.3, -0.25) is 0 Å². The number of rotatable bonds is 7. The van der Waals surface area contributed by atoms with Crippen LogP contribution in [0, 0.1) is 0 Å². The molecule has 0 radical (unpaired) electrons. The summed E-state index contributed by atoms with van der Waals surface area (Å²) in [4.78, 5) is 11.4. The minimum atomic E-state index is -0.393. The number of carbonyl (C=O) groups excluding carboxylic acids is 1. The molecule has 1 aromatic carbocycles. The second-order valence-electron chi connectivity index (χ2n) is 3.37. The number of nitrogens with one attached hydrogen (secondary N) is 1. The van der Waals surface area contributed by atoms with Crippen LogP contribution in [0.15, 0.2) is 24.3 Å². The van der Waals surface area contributed by atoms with Gasteiger partial charge in [-0.2, -0.15) is 0 Å². The Kier molecular flexibility index (Phi) is 6.06. The smallest absolute Gasteiger partial charge is 0.341 e. The van der Waals surface area contributed by atoms with Crippen molar-refractivity contribution < 1.29 is 14.3 Å². The number of methoxy groups -OCH3 is 1. The molecule has 0 atom stereocenters. The van der Waals surface area contributed by atoms with Crippen LogP contribution in [-0.2, 0) is 4.74 Å². The normalized spacial score (nSPS) is 10.0. The third kappa shape index (κ3) is 4.42. The topological polar surface area (TPSA) is 73.6 Å². The number of hydrogen-bond donors (Lipinski definition) is 2. The van der Waals surface area contributed by atoms with E-state index in [2.05, 4.69) is 10.1 Å². The van der Waals surface area contributed by atoms with E-state index in [1.807, 2.05) is 6.07 Å². The summed E-state index contributed by atoms with van der Waals surface area (Å²) in [6.07, 6.45) is 0. The first-order chi connectivity index (χ1) is 8.29. The van der Waals surface area contributed by atoms with Crippen LogP contribution in [-0.4, -0.2) is 39.3 Å². The number of hydrogen-bond acceptors (Lipinski definition) is 5. The monoisotopic (exact) mass is 238 g/mol. The van der Waals surface area contributed by atoms with Crippen molar-refractivity contribution in [2.45, 2.75) is 0 Å². The number of benzene rings is 1. The third-order valence-corrected chi connectivity index (χ3v) is 2.15. The lowest BCUT2D eigenvalue weighted by Gasteiger charge is -2.10. The first-order valence-electron chi connectivity index (χ1n) is 5.50. The van der Waals surface area contributed by atoms with Gasteiger partial charge in [0.2, 0.25) is 0 Å². The van der Waals surface area contributed by atoms with Crippen molar-refractivity contribution in [2.24, 2.45) is 5.73 Å². The van der Waals surface area contributed by atoms with Crippen LogP contribution >= 0.6 is 0 Å². The van der Waals surface area contributed by atoms with E-state index in [9.17, 15) is 4.79 Å². The molecule has 1 aromatic rings. The second-order valence-corrected chi connectivity index (χ2v) is 3.37. The quantitative estimate of drug-likeness (QED) is 0.531. The van der Waals surface area contributed by atoms with Gasteiger partial charge in [0, 0.05) is 19.6 Å². The maximum absolute atomic E-state index is 11.4. The maximum Gasteiger partial charge on any atom is 0.341 e. The molecule has 0 fully saturated rings. The third-order valence-electron chi connectivity index (χ3n) is 2.15. The molecule has 1 rings (SSSR count). The highest BCUT2D eigenvalue weighted by Crippen LogP contribution is 2.18. The molecule has 0 saturated carbocycles. The largest absolute Gasteiger partial charge is 0.491 e. The molecule has 0 aliphatic rings. The maximum atomic E-state index is 11.4. The molecule has 5 heteroatoms. The highest BCUT2D eigenvalue weighted by Gasteiger charge is 2.11. The molecule has 0 unspecified atom stereocenters. The van der Waals surface area contributed by atoms with E-state index in [1.165, 1.54) is 7.11 Å². The van der Waals surface area contributed by atoms with Gasteiger partial charge in [0.15, 0.2) is 0 Å². The molecule has 5 nitrogen and oxygen atoms in total. The molecule has 0 amide bonds. The summed E-state index contributed by atoms with van der Waals surface area (Å²) in [5.41, 5.74) is 5.78. The van der Waals surface area contributed by atoms with E-state index in [0.29, 0.717) is 31.0 Å². The van der Waals surface area contributed by atoms with Crippen LogP contribution in [0.4, 0.5) is 0 Å². The lowest BCUT2D eigenvalue weighted by atomic mass is 10.2. The Labute approximate surface area is 101 Å². The van der Waals surface area contributed by atoms with Gasteiger partial charge in [-0.15, -0.1) is 0 Å². The van der Waals surface area contributed by atoms with Gasteiger partial charge in [0.05, 0.1) is 7.11 Å². The minimum absolute atomic E-state index is 0.393. The van der Waals surface area contributed by atoms with E-state index >= 15 is 0 Å². The summed E-state index contributed by atoms with van der Waals surface area (Å²) < 4.78 is 10.2. The van der Waals surface area contributed by atoms with Crippen LogP contribution in [0.25, 0.3) is 0 Å². The van der Waals surface area contributed by atoms with Gasteiger partial charge in [-0.05, 0) is 12.1 Å². The zero-order valence-corrected chi connectivity index (χ0v) is 9.94. The lowest BCUT2D eigenvalue weighted by Crippen LogP contribution is -2.27. The predicted molar refractivity (Wildman–Crippen MR) is 65.2 cm³/mol. The van der Waals surface area contributed by atoms with E-state index in [1.54, 1.807) is 18.2 Å². The molecule has 0 aliphatic carbocycles. The molecular weight excluding hydrogens is 220 g/mol. The molecular formula is C12H18N2O3. The van der Waals surface area contributed by atoms with E-state index < -0.39 is 5.97 Å². The van der Waals surface area contributed by atoms with E-state index in [0.717, 1.165) is 6.54 Å². The van der Waals surface area contributed by atoms with Crippen molar-refractivity contribution in [3.63, 3.8) is 0 Å². The predicted octanol–water partition coefficient (Wildman–Crippen LogP) is 0.400. The van der Waals surface area contributed by atoms with Crippen molar-refractivity contribution in [1.29, 1.82) is 0 Å². The molecule has 0 aliphatic heterocycles. The zero-order valence-electron chi connectivity index (χ0n) is 9.94. The van der Waals surface area contributed by atoms with Gasteiger partial charge in [-0.25, -0.2) is 4.79 Å². The molecule has 3 N–H and O–H groups in total. The Morgan fingerprint density at radius 1 is 1.35 bits per heavy atom. The highest BCUT2D eigenvalue weighted by atomic mass is 16.5. The summed E-state index contributed by atoms with van der Waals surface area (Å²) in [7, 11) is 1.35. The van der Waals surface area contributed by atoms with Crippen LogP contribution in [0.2, 0.25) is 0 Å². The number of esters is 1. The Morgan fingerprint density at radius 2 is 2.12 bits per heavy atom. The molecule has 0 heterocycles. The fourth-order valence-corrected chi connectivity index (χ4v) is 1.33. The number of carbonyl (C=O) groups is 1. The fraction of sp³-hybridized carbons (Fsp3) is 0.417. The Balaban J connectivity index is 2.49. The average Bonchev–Trinajstić information content (AvgIpc) is 2.38. The standard InChI is InChI=1S/C12H18N2O3/c1-16-12(15)10-4-2-3-5-11(10)17-9-8-14-7-6-13/h2-5,14H,6-9,13H2,1H3. The molecule has 0 spiro atoms. The van der Waals surface area contributed by atoms with E-state index in [4.69, 9.17) is 10.5 Å². The highest BCUT2D eigenvalue weighted by molar-refractivity contribution is 5.92. The van der Waals surface area contributed by atoms with Gasteiger partial charge >= 0.3 is 5.97 Å². The first kappa shape index (κ1) is 13.5. The van der Waals surface area contributed by atoms with Crippen molar-refractivity contribution in [2.75, 3.05) is 33.4 Å². The minimum Gasteiger partial charge on any atom is -0.491 e. The Hall–Kier alpha value is -1.59. The molecule has 94 valence electrons. The van der Waals surface area contributed by atoms with Crippen molar-refractivity contribution >= 4 is 5.97 Å². The summed E-state index contributed by atoms with van der Waals surface area (Å²) in [5.74, 6) is 0.143. The fourth-order valence-electron chi connectivity index (χ4n) is 1.33. The van der Waals surface area contributed by atoms with Crippen LogP contribution in [0.1, 0.15) is 10.4 Å². The first-order valence-corrected chi connectivity index (χ1v) is 5.50. The number of para-hydroxylation sites is 1.